The molecule has 0 fully saturated rings. The van der Waals surface area contributed by atoms with E-state index in [0.717, 1.165) is 5.75 Å². The van der Waals surface area contributed by atoms with E-state index in [2.05, 4.69) is 47.8 Å². The van der Waals surface area contributed by atoms with Crippen molar-refractivity contribution in [3.8, 4) is 5.75 Å². The van der Waals surface area contributed by atoms with Crippen molar-refractivity contribution in [1.82, 2.24) is 0 Å². The minimum absolute atomic E-state index is 0.658. The van der Waals surface area contributed by atoms with Crippen LogP contribution in [0, 0.1) is 0 Å². The van der Waals surface area contributed by atoms with E-state index in [1.807, 2.05) is 30.3 Å². The molecule has 11 heavy (non-hydrogen) atoms. The minimum Gasteiger partial charge on any atom is -0.456 e. The summed E-state index contributed by atoms with van der Waals surface area (Å²) in [6, 6.07) is 9.50. The van der Waals surface area contributed by atoms with Crippen molar-refractivity contribution in [2.75, 3.05) is 0 Å². The number of benzene rings is 1. The summed E-state index contributed by atoms with van der Waals surface area (Å²) in [7, 11) is 0. The molecule has 0 heterocycles. The van der Waals surface area contributed by atoms with E-state index in [-0.39, 0.29) is 0 Å². The summed E-state index contributed by atoms with van der Waals surface area (Å²) in [5.74, 6) is 0.790. The highest BCUT2D eigenvalue weighted by molar-refractivity contribution is 9.39. The first kappa shape index (κ1) is 9.55. The fourth-order valence-electron chi connectivity index (χ4n) is 0.622. The van der Waals surface area contributed by atoms with E-state index >= 15 is 0 Å². The monoisotopic (exact) mass is 342 g/mol. The van der Waals surface area contributed by atoms with Crippen molar-refractivity contribution in [2.24, 2.45) is 0 Å². The van der Waals surface area contributed by atoms with Gasteiger partial charge in [-0.3, -0.25) is 0 Å². The fourth-order valence-corrected chi connectivity index (χ4v) is 1.18. The Morgan fingerprint density at radius 1 is 1.00 bits per heavy atom. The lowest BCUT2D eigenvalue weighted by Crippen LogP contribution is -2.09. The zero-order valence-corrected chi connectivity index (χ0v) is 10.2. The molecule has 1 aromatic rings. The van der Waals surface area contributed by atoms with Gasteiger partial charge < -0.3 is 4.74 Å². The molecule has 0 spiro atoms. The van der Waals surface area contributed by atoms with Gasteiger partial charge in [0.15, 0.2) is 0 Å². The van der Waals surface area contributed by atoms with Crippen LogP contribution in [-0.4, -0.2) is 2.33 Å². The zero-order chi connectivity index (χ0) is 8.32. The molecule has 1 nitrogen and oxygen atoms in total. The van der Waals surface area contributed by atoms with E-state index < -0.39 is 2.33 Å². The number of hydrogen-bond donors (Lipinski definition) is 0. The summed E-state index contributed by atoms with van der Waals surface area (Å²) in [6.07, 6.45) is 0. The first-order valence-electron chi connectivity index (χ1n) is 2.89. The maximum Gasteiger partial charge on any atom is 0.272 e. The highest BCUT2D eigenvalue weighted by Gasteiger charge is 2.18. The van der Waals surface area contributed by atoms with Crippen LogP contribution in [0.4, 0.5) is 0 Å². The van der Waals surface area contributed by atoms with Gasteiger partial charge in [-0.05, 0) is 59.9 Å². The molecule has 0 aliphatic heterocycles. The average Bonchev–Trinajstić information content (AvgIpc) is 1.85. The molecule has 60 valence electrons. The van der Waals surface area contributed by atoms with E-state index in [4.69, 9.17) is 4.74 Å². The summed E-state index contributed by atoms with van der Waals surface area (Å²) < 4.78 is 4.69. The van der Waals surface area contributed by atoms with Gasteiger partial charge in [-0.15, -0.1) is 0 Å². The number of para-hydroxylation sites is 1. The number of halogens is 3. The highest BCUT2D eigenvalue weighted by atomic mass is 80.0. The largest absolute Gasteiger partial charge is 0.456 e. The van der Waals surface area contributed by atoms with Gasteiger partial charge in [0.1, 0.15) is 5.75 Å². The number of alkyl halides is 3. The van der Waals surface area contributed by atoms with Gasteiger partial charge in [-0.25, -0.2) is 0 Å². The van der Waals surface area contributed by atoms with Crippen LogP contribution in [0.25, 0.3) is 0 Å². The Morgan fingerprint density at radius 3 is 2.00 bits per heavy atom. The minimum atomic E-state index is -0.658. The molecule has 0 N–H and O–H groups in total. The molecule has 0 atom stereocenters. The van der Waals surface area contributed by atoms with E-state index in [1.165, 1.54) is 0 Å². The molecular formula is C7H5Br3O. The van der Waals surface area contributed by atoms with Gasteiger partial charge in [0.05, 0.1) is 0 Å². The Kier molecular flexibility index (Phi) is 3.40. The third-order valence-electron chi connectivity index (χ3n) is 0.977. The van der Waals surface area contributed by atoms with Gasteiger partial charge in [0.25, 0.3) is 2.33 Å². The SMILES string of the molecule is BrC(Br)(Br)Oc1ccccc1. The number of rotatable bonds is 1. The van der Waals surface area contributed by atoms with Crippen LogP contribution < -0.4 is 4.74 Å². The van der Waals surface area contributed by atoms with Crippen molar-refractivity contribution >= 4 is 47.8 Å². The van der Waals surface area contributed by atoms with E-state index in [9.17, 15) is 0 Å². The summed E-state index contributed by atoms with van der Waals surface area (Å²) >= 11 is 9.68. The van der Waals surface area contributed by atoms with Crippen LogP contribution >= 0.6 is 47.8 Å². The molecule has 0 aliphatic rings. The predicted octanol–water partition coefficient (Wildman–Crippen LogP) is 3.86. The van der Waals surface area contributed by atoms with Crippen LogP contribution in [0.2, 0.25) is 0 Å². The molecule has 1 rings (SSSR count). The maximum atomic E-state index is 5.35. The van der Waals surface area contributed by atoms with Crippen LogP contribution in [0.1, 0.15) is 0 Å². The smallest absolute Gasteiger partial charge is 0.272 e. The van der Waals surface area contributed by atoms with Crippen molar-refractivity contribution < 1.29 is 4.74 Å². The molecule has 1 aromatic carbocycles. The lowest BCUT2D eigenvalue weighted by atomic mass is 10.3. The van der Waals surface area contributed by atoms with Crippen molar-refractivity contribution in [1.29, 1.82) is 0 Å². The molecule has 0 bridgehead atoms. The second-order valence-electron chi connectivity index (χ2n) is 1.86. The van der Waals surface area contributed by atoms with Crippen LogP contribution in [0.5, 0.6) is 5.75 Å². The van der Waals surface area contributed by atoms with E-state index in [0.29, 0.717) is 0 Å². The van der Waals surface area contributed by atoms with Crippen molar-refractivity contribution in [3.05, 3.63) is 30.3 Å². The van der Waals surface area contributed by atoms with Gasteiger partial charge in [-0.2, -0.15) is 0 Å². The fraction of sp³-hybridized carbons (Fsp3) is 0.143. The molecule has 0 saturated carbocycles. The lowest BCUT2D eigenvalue weighted by Gasteiger charge is -2.14. The standard InChI is InChI=1S/C7H5Br3O/c8-7(9,10)11-6-4-2-1-3-5-6/h1-5H. The first-order valence-corrected chi connectivity index (χ1v) is 5.26. The third-order valence-corrected chi connectivity index (χ3v) is 1.46. The third kappa shape index (κ3) is 4.13. The predicted molar refractivity (Wildman–Crippen MR) is 56.6 cm³/mol. The molecule has 0 unspecified atom stereocenters. The van der Waals surface area contributed by atoms with Crippen LogP contribution in [0.15, 0.2) is 30.3 Å². The molecular weight excluding hydrogens is 340 g/mol. The van der Waals surface area contributed by atoms with Gasteiger partial charge in [0.2, 0.25) is 0 Å². The quantitative estimate of drug-likeness (QED) is 0.703. The molecule has 0 amide bonds. The Hall–Kier alpha value is 0.460. The number of ether oxygens (including phenoxy) is 1. The Bertz CT molecular complexity index is 217. The normalized spacial score (nSPS) is 11.2. The van der Waals surface area contributed by atoms with Crippen molar-refractivity contribution in [3.63, 3.8) is 0 Å². The zero-order valence-electron chi connectivity index (χ0n) is 5.43. The molecule has 4 heteroatoms. The Morgan fingerprint density at radius 2 is 1.55 bits per heavy atom. The maximum absolute atomic E-state index is 5.35. The summed E-state index contributed by atoms with van der Waals surface area (Å²) in [5, 5.41) is 0. The summed E-state index contributed by atoms with van der Waals surface area (Å²) in [4.78, 5) is 0. The number of hydrogen-bond acceptors (Lipinski definition) is 1. The Balaban J connectivity index is 2.66. The summed E-state index contributed by atoms with van der Waals surface area (Å²) in [5.41, 5.74) is 0. The average molecular weight is 345 g/mol. The first-order chi connectivity index (χ1) is 5.08. The van der Waals surface area contributed by atoms with Crippen molar-refractivity contribution in [2.45, 2.75) is 2.33 Å². The topological polar surface area (TPSA) is 9.23 Å². The molecule has 0 saturated heterocycles. The van der Waals surface area contributed by atoms with Gasteiger partial charge in [0, 0.05) is 0 Å². The van der Waals surface area contributed by atoms with Gasteiger partial charge >= 0.3 is 0 Å². The molecule has 0 radical (unpaired) electrons. The van der Waals surface area contributed by atoms with Gasteiger partial charge in [-0.1, -0.05) is 18.2 Å². The van der Waals surface area contributed by atoms with E-state index in [1.54, 1.807) is 0 Å². The second kappa shape index (κ2) is 3.92. The molecule has 0 aromatic heterocycles. The lowest BCUT2D eigenvalue weighted by molar-refractivity contribution is 0.356. The second-order valence-corrected chi connectivity index (χ2v) is 8.40. The van der Waals surface area contributed by atoms with Crippen LogP contribution in [-0.2, 0) is 0 Å². The Labute approximate surface area is 90.5 Å². The van der Waals surface area contributed by atoms with Crippen LogP contribution in [0.3, 0.4) is 0 Å². The summed E-state index contributed by atoms with van der Waals surface area (Å²) in [6.45, 7) is 0. The molecule has 0 aliphatic carbocycles. The highest BCUT2D eigenvalue weighted by Crippen LogP contribution is 2.35.